The van der Waals surface area contributed by atoms with Gasteiger partial charge in [0, 0.05) is 36.6 Å². The number of amides is 1. The van der Waals surface area contributed by atoms with E-state index in [1.807, 2.05) is 19.3 Å². The van der Waals surface area contributed by atoms with E-state index in [0.717, 1.165) is 27.9 Å². The van der Waals surface area contributed by atoms with Gasteiger partial charge < -0.3 is 10.4 Å². The van der Waals surface area contributed by atoms with Crippen LogP contribution in [0.3, 0.4) is 0 Å². The molecule has 0 aliphatic carbocycles. The quantitative estimate of drug-likeness (QED) is 0.830. The van der Waals surface area contributed by atoms with Crippen molar-refractivity contribution in [2.24, 2.45) is 7.05 Å². The summed E-state index contributed by atoms with van der Waals surface area (Å²) in [6.07, 6.45) is 3.58. The van der Waals surface area contributed by atoms with Crippen LogP contribution in [0.15, 0.2) is 47.1 Å². The summed E-state index contributed by atoms with van der Waals surface area (Å²) in [4.78, 5) is 21.9. The molecule has 2 aromatic rings. The van der Waals surface area contributed by atoms with Gasteiger partial charge in [-0.25, -0.2) is 4.79 Å². The number of hydrogen-bond acceptors (Lipinski definition) is 3. The largest absolute Gasteiger partial charge is 0.478 e. The fraction of sp³-hybridized carbons (Fsp3) is 0.0714. The Morgan fingerprint density at radius 1 is 1.38 bits per heavy atom. The number of halogens is 1. The summed E-state index contributed by atoms with van der Waals surface area (Å²) in [5.74, 6) is -1.68. The first-order valence-electron chi connectivity index (χ1n) is 5.97. The summed E-state index contributed by atoms with van der Waals surface area (Å²) in [5, 5.41) is 15.4. The third-order valence-corrected chi connectivity index (χ3v) is 3.15. The Bertz CT molecular complexity index is 722. The van der Waals surface area contributed by atoms with E-state index in [1.54, 1.807) is 22.9 Å². The standard InChI is InChI=1S/C14H12BrN3O3/c1-18-8-11(15)14(17-18)9-3-2-4-10(7-9)16-12(19)5-6-13(20)21/h2-8H,1H3,(H,16,19)(H,20,21). The third-order valence-electron chi connectivity index (χ3n) is 2.56. The molecule has 1 amide bonds. The number of carboxylic acid groups (broad SMARTS) is 1. The lowest BCUT2D eigenvalue weighted by atomic mass is 10.1. The molecule has 1 aromatic carbocycles. The van der Waals surface area contributed by atoms with Gasteiger partial charge >= 0.3 is 5.97 Å². The first kappa shape index (κ1) is 15.0. The molecule has 1 heterocycles. The number of carbonyl (C=O) groups is 2. The van der Waals surface area contributed by atoms with Crippen LogP contribution in [0.2, 0.25) is 0 Å². The Morgan fingerprint density at radius 2 is 2.14 bits per heavy atom. The third kappa shape index (κ3) is 4.03. The van der Waals surface area contributed by atoms with Crippen LogP contribution in [0.4, 0.5) is 5.69 Å². The van der Waals surface area contributed by atoms with Crippen molar-refractivity contribution >= 4 is 33.5 Å². The number of rotatable bonds is 4. The number of nitrogens with one attached hydrogen (secondary N) is 1. The van der Waals surface area contributed by atoms with Crippen molar-refractivity contribution in [3.8, 4) is 11.3 Å². The Labute approximate surface area is 129 Å². The molecule has 0 spiro atoms. The van der Waals surface area contributed by atoms with Crippen LogP contribution in [0, 0.1) is 0 Å². The molecular weight excluding hydrogens is 338 g/mol. The normalized spacial score (nSPS) is 10.8. The van der Waals surface area contributed by atoms with Crippen molar-refractivity contribution in [3.05, 3.63) is 47.1 Å². The van der Waals surface area contributed by atoms with E-state index in [2.05, 4.69) is 26.3 Å². The molecule has 108 valence electrons. The molecule has 1 aromatic heterocycles. The van der Waals surface area contributed by atoms with Gasteiger partial charge in [-0.15, -0.1) is 0 Å². The van der Waals surface area contributed by atoms with Crippen LogP contribution in [-0.4, -0.2) is 26.8 Å². The number of aryl methyl sites for hydroxylation is 1. The molecule has 0 bridgehead atoms. The smallest absolute Gasteiger partial charge is 0.328 e. The summed E-state index contributed by atoms with van der Waals surface area (Å²) in [5.41, 5.74) is 2.15. The average molecular weight is 350 g/mol. The van der Waals surface area contributed by atoms with E-state index >= 15 is 0 Å². The molecule has 0 saturated heterocycles. The van der Waals surface area contributed by atoms with Crippen LogP contribution in [0.1, 0.15) is 0 Å². The number of aromatic nitrogens is 2. The van der Waals surface area contributed by atoms with Crippen molar-refractivity contribution in [2.75, 3.05) is 5.32 Å². The molecule has 0 aliphatic heterocycles. The zero-order valence-corrected chi connectivity index (χ0v) is 12.7. The molecule has 0 saturated carbocycles. The summed E-state index contributed by atoms with van der Waals surface area (Å²) in [6.45, 7) is 0. The zero-order valence-electron chi connectivity index (χ0n) is 11.1. The van der Waals surface area contributed by atoms with Gasteiger partial charge in [-0.1, -0.05) is 12.1 Å². The van der Waals surface area contributed by atoms with Crippen LogP contribution in [-0.2, 0) is 16.6 Å². The molecule has 0 radical (unpaired) electrons. The molecular formula is C14H12BrN3O3. The van der Waals surface area contributed by atoms with Gasteiger partial charge in [0.2, 0.25) is 5.91 Å². The molecule has 2 N–H and O–H groups in total. The van der Waals surface area contributed by atoms with Crippen molar-refractivity contribution in [2.45, 2.75) is 0 Å². The maximum atomic E-state index is 11.5. The number of aliphatic carboxylic acids is 1. The Hall–Kier alpha value is -2.41. The van der Waals surface area contributed by atoms with E-state index in [0.29, 0.717) is 5.69 Å². The highest BCUT2D eigenvalue weighted by Gasteiger charge is 2.08. The van der Waals surface area contributed by atoms with E-state index in [-0.39, 0.29) is 0 Å². The molecule has 6 nitrogen and oxygen atoms in total. The van der Waals surface area contributed by atoms with Crippen LogP contribution >= 0.6 is 15.9 Å². The van der Waals surface area contributed by atoms with Gasteiger partial charge in [0.1, 0.15) is 5.69 Å². The molecule has 0 fully saturated rings. The van der Waals surface area contributed by atoms with Crippen LogP contribution in [0.25, 0.3) is 11.3 Å². The number of carbonyl (C=O) groups excluding carboxylic acids is 1. The minimum Gasteiger partial charge on any atom is -0.478 e. The maximum absolute atomic E-state index is 11.5. The van der Waals surface area contributed by atoms with E-state index in [4.69, 9.17) is 5.11 Å². The lowest BCUT2D eigenvalue weighted by Gasteiger charge is -2.04. The number of hydrogen-bond donors (Lipinski definition) is 2. The van der Waals surface area contributed by atoms with E-state index < -0.39 is 11.9 Å². The average Bonchev–Trinajstić information content (AvgIpc) is 2.76. The highest BCUT2D eigenvalue weighted by atomic mass is 79.9. The molecule has 2 rings (SSSR count). The van der Waals surface area contributed by atoms with Crippen molar-refractivity contribution in [1.29, 1.82) is 0 Å². The Kier molecular flexibility index (Phi) is 4.54. The van der Waals surface area contributed by atoms with Crippen molar-refractivity contribution in [3.63, 3.8) is 0 Å². The van der Waals surface area contributed by atoms with Crippen molar-refractivity contribution in [1.82, 2.24) is 9.78 Å². The van der Waals surface area contributed by atoms with Crippen LogP contribution in [0.5, 0.6) is 0 Å². The summed E-state index contributed by atoms with van der Waals surface area (Å²) < 4.78 is 2.53. The SMILES string of the molecule is Cn1cc(Br)c(-c2cccc(NC(=O)C=CC(=O)O)c2)n1. The van der Waals surface area contributed by atoms with Gasteiger partial charge in [-0.2, -0.15) is 5.10 Å². The Morgan fingerprint density at radius 3 is 2.76 bits per heavy atom. The van der Waals surface area contributed by atoms with Crippen LogP contribution < -0.4 is 5.32 Å². The minimum atomic E-state index is -1.17. The first-order chi connectivity index (χ1) is 9.95. The topological polar surface area (TPSA) is 84.2 Å². The summed E-state index contributed by atoms with van der Waals surface area (Å²) in [7, 11) is 1.82. The number of nitrogens with zero attached hydrogens (tertiary/aromatic N) is 2. The fourth-order valence-corrected chi connectivity index (χ4v) is 2.33. The number of carboxylic acids is 1. The molecule has 0 aliphatic rings. The van der Waals surface area contributed by atoms with Gasteiger partial charge in [-0.05, 0) is 28.1 Å². The fourth-order valence-electron chi connectivity index (χ4n) is 1.73. The van der Waals surface area contributed by atoms with Gasteiger partial charge in [0.05, 0.1) is 4.47 Å². The van der Waals surface area contributed by atoms with E-state index in [1.165, 1.54) is 0 Å². The highest BCUT2D eigenvalue weighted by molar-refractivity contribution is 9.10. The summed E-state index contributed by atoms with van der Waals surface area (Å²) in [6, 6.07) is 7.13. The maximum Gasteiger partial charge on any atom is 0.328 e. The number of benzene rings is 1. The van der Waals surface area contributed by atoms with E-state index in [9.17, 15) is 9.59 Å². The molecule has 7 heteroatoms. The predicted molar refractivity (Wildman–Crippen MR) is 81.7 cm³/mol. The predicted octanol–water partition coefficient (Wildman–Crippen LogP) is 2.43. The van der Waals surface area contributed by atoms with Gasteiger partial charge in [-0.3, -0.25) is 9.48 Å². The highest BCUT2D eigenvalue weighted by Crippen LogP contribution is 2.28. The molecule has 21 heavy (non-hydrogen) atoms. The van der Waals surface area contributed by atoms with Gasteiger partial charge in [0.15, 0.2) is 0 Å². The molecule has 0 unspecified atom stereocenters. The lowest BCUT2D eigenvalue weighted by Crippen LogP contribution is -2.08. The van der Waals surface area contributed by atoms with Crippen molar-refractivity contribution < 1.29 is 14.7 Å². The minimum absolute atomic E-state index is 0.505. The number of anilines is 1. The lowest BCUT2D eigenvalue weighted by molar-refractivity contribution is -0.131. The monoisotopic (exact) mass is 349 g/mol. The van der Waals surface area contributed by atoms with Gasteiger partial charge in [0.25, 0.3) is 0 Å². The molecule has 0 atom stereocenters. The summed E-state index contributed by atoms with van der Waals surface area (Å²) >= 11 is 3.42. The first-order valence-corrected chi connectivity index (χ1v) is 6.76. The second kappa shape index (κ2) is 6.36. The Balaban J connectivity index is 2.20. The second-order valence-corrected chi connectivity index (χ2v) is 5.10. The second-order valence-electron chi connectivity index (χ2n) is 4.24. The zero-order chi connectivity index (χ0) is 15.4.